The normalized spacial score (nSPS) is 9.65. The standard InChI is InChI=1S/C24H26.C18H22.5C2H6/c1-17(2)19-5-9-21(10-6-19)23-13-15-24(16-14-23)22-11-7-20(8-12-22)18(3)4;1-13(2)15-5-9-17(10-6-15)18-11-7-16(8-12-18)14(3)4;5*1-2/h5-18H,1-4H3;5-14H,1-4H3;5*1-2H3. The zero-order valence-electron chi connectivity index (χ0n) is 36.9. The van der Waals surface area contributed by atoms with Crippen LogP contribution >= 0.6 is 0 Å². The summed E-state index contributed by atoms with van der Waals surface area (Å²) in [6.07, 6.45) is 0. The van der Waals surface area contributed by atoms with Crippen molar-refractivity contribution in [2.24, 2.45) is 0 Å². The molecule has 286 valence electrons. The maximum Gasteiger partial charge on any atom is -0.0184 e. The Balaban J connectivity index is 0. The molecule has 0 heterocycles. The van der Waals surface area contributed by atoms with Crippen molar-refractivity contribution in [1.29, 1.82) is 0 Å². The smallest absolute Gasteiger partial charge is 0.0184 e. The lowest BCUT2D eigenvalue weighted by Gasteiger charge is -2.09. The van der Waals surface area contributed by atoms with Gasteiger partial charge in [-0.15, -0.1) is 0 Å². The van der Waals surface area contributed by atoms with Gasteiger partial charge in [0.05, 0.1) is 0 Å². The Morgan fingerprint density at radius 1 is 0.192 bits per heavy atom. The quantitative estimate of drug-likeness (QED) is 0.158. The van der Waals surface area contributed by atoms with Crippen molar-refractivity contribution in [1.82, 2.24) is 0 Å². The molecule has 0 amide bonds. The molecule has 0 N–H and O–H groups in total. The van der Waals surface area contributed by atoms with Gasteiger partial charge in [-0.05, 0) is 79.3 Å². The van der Waals surface area contributed by atoms with Crippen LogP contribution in [0.2, 0.25) is 0 Å². The number of benzene rings is 5. The van der Waals surface area contributed by atoms with Gasteiger partial charge in [0.25, 0.3) is 0 Å². The van der Waals surface area contributed by atoms with E-state index in [1.165, 1.54) is 55.6 Å². The van der Waals surface area contributed by atoms with E-state index in [0.29, 0.717) is 23.7 Å². The van der Waals surface area contributed by atoms with E-state index in [1.54, 1.807) is 0 Å². The van der Waals surface area contributed by atoms with E-state index in [1.807, 2.05) is 69.2 Å². The minimum Gasteiger partial charge on any atom is -0.0683 e. The second-order valence-corrected chi connectivity index (χ2v) is 12.7. The number of hydrogen-bond donors (Lipinski definition) is 0. The number of rotatable bonds is 7. The van der Waals surface area contributed by atoms with Crippen LogP contribution in [-0.4, -0.2) is 0 Å². The average molecular weight is 703 g/mol. The Kier molecular flexibility index (Phi) is 28.6. The predicted molar refractivity (Wildman–Crippen MR) is 242 cm³/mol. The molecule has 0 bridgehead atoms. The molecular weight excluding hydrogens is 625 g/mol. The first-order chi connectivity index (χ1) is 25.1. The first kappa shape index (κ1) is 50.2. The molecule has 0 saturated heterocycles. The molecule has 0 nitrogen and oxygen atoms in total. The van der Waals surface area contributed by atoms with Crippen LogP contribution in [-0.2, 0) is 0 Å². The summed E-state index contributed by atoms with van der Waals surface area (Å²) in [7, 11) is 0. The van der Waals surface area contributed by atoms with E-state index in [4.69, 9.17) is 0 Å². The molecule has 0 atom stereocenters. The molecule has 0 saturated carbocycles. The molecule has 5 rings (SSSR count). The molecule has 0 spiro atoms. The summed E-state index contributed by atoms with van der Waals surface area (Å²) in [6.45, 7) is 37.8. The Bertz CT molecular complexity index is 1380. The van der Waals surface area contributed by atoms with Crippen molar-refractivity contribution in [2.45, 2.75) is 148 Å². The van der Waals surface area contributed by atoms with E-state index in [9.17, 15) is 0 Å². The average Bonchev–Trinajstić information content (AvgIpc) is 3.22. The van der Waals surface area contributed by atoms with Crippen LogP contribution < -0.4 is 0 Å². The van der Waals surface area contributed by atoms with Crippen LogP contribution in [0.4, 0.5) is 0 Å². The topological polar surface area (TPSA) is 0 Å². The van der Waals surface area contributed by atoms with Crippen LogP contribution in [0.15, 0.2) is 121 Å². The van der Waals surface area contributed by atoms with Crippen LogP contribution in [0.3, 0.4) is 0 Å². The largest absolute Gasteiger partial charge is 0.0683 e. The van der Waals surface area contributed by atoms with Crippen molar-refractivity contribution in [3.63, 3.8) is 0 Å². The lowest BCUT2D eigenvalue weighted by molar-refractivity contribution is 0.866. The third-order valence-electron chi connectivity index (χ3n) is 8.19. The molecule has 0 unspecified atom stereocenters. The van der Waals surface area contributed by atoms with Gasteiger partial charge in [-0.3, -0.25) is 0 Å². The van der Waals surface area contributed by atoms with E-state index in [-0.39, 0.29) is 0 Å². The monoisotopic (exact) mass is 703 g/mol. The Labute approximate surface area is 324 Å². The summed E-state index contributed by atoms with van der Waals surface area (Å²) in [6, 6.07) is 44.5. The highest BCUT2D eigenvalue weighted by Gasteiger charge is 2.05. The van der Waals surface area contributed by atoms with E-state index in [0.717, 1.165) is 0 Å². The zero-order chi connectivity index (χ0) is 40.2. The van der Waals surface area contributed by atoms with Crippen LogP contribution in [0.5, 0.6) is 0 Å². The second kappa shape index (κ2) is 29.7. The minimum absolute atomic E-state index is 0.579. The lowest BCUT2D eigenvalue weighted by atomic mass is 9.96. The molecule has 0 radical (unpaired) electrons. The highest BCUT2D eigenvalue weighted by atomic mass is 14.1. The molecule has 5 aromatic rings. The maximum atomic E-state index is 2.23. The van der Waals surface area contributed by atoms with E-state index < -0.39 is 0 Å². The Hall–Kier alpha value is -3.90. The molecular formula is C52H78. The summed E-state index contributed by atoms with van der Waals surface area (Å²) >= 11 is 0. The van der Waals surface area contributed by atoms with Crippen molar-refractivity contribution in [2.75, 3.05) is 0 Å². The lowest BCUT2D eigenvalue weighted by Crippen LogP contribution is -1.88. The fraction of sp³-hybridized carbons (Fsp3) is 0.423. The third kappa shape index (κ3) is 17.1. The minimum atomic E-state index is 0.579. The first-order valence-corrected chi connectivity index (χ1v) is 20.6. The molecule has 5 aromatic carbocycles. The van der Waals surface area contributed by atoms with Gasteiger partial charge in [0.1, 0.15) is 0 Å². The first-order valence-electron chi connectivity index (χ1n) is 20.6. The molecule has 0 aliphatic heterocycles. The van der Waals surface area contributed by atoms with Gasteiger partial charge in [0.2, 0.25) is 0 Å². The SMILES string of the molecule is CC.CC.CC.CC.CC.CC(C)c1ccc(-c2ccc(-c3ccc(C(C)C)cc3)cc2)cc1.CC(C)c1ccc(-c2ccc(C(C)C)cc2)cc1. The van der Waals surface area contributed by atoms with Gasteiger partial charge in [-0.1, -0.05) is 246 Å². The Morgan fingerprint density at radius 2 is 0.288 bits per heavy atom. The number of hydrogen-bond acceptors (Lipinski definition) is 0. The van der Waals surface area contributed by atoms with Gasteiger partial charge in [0.15, 0.2) is 0 Å². The summed E-state index contributed by atoms with van der Waals surface area (Å²) < 4.78 is 0. The summed E-state index contributed by atoms with van der Waals surface area (Å²) in [5, 5.41) is 0. The summed E-state index contributed by atoms with van der Waals surface area (Å²) in [5.41, 5.74) is 13.3. The van der Waals surface area contributed by atoms with Crippen LogP contribution in [0.25, 0.3) is 33.4 Å². The van der Waals surface area contributed by atoms with Gasteiger partial charge in [0, 0.05) is 0 Å². The van der Waals surface area contributed by atoms with E-state index in [2.05, 4.69) is 177 Å². The second-order valence-electron chi connectivity index (χ2n) is 12.7. The molecule has 0 aliphatic rings. The fourth-order valence-corrected chi connectivity index (χ4v) is 5.10. The van der Waals surface area contributed by atoms with Gasteiger partial charge in [-0.2, -0.15) is 0 Å². The van der Waals surface area contributed by atoms with Crippen LogP contribution in [0, 0.1) is 0 Å². The fourth-order valence-electron chi connectivity index (χ4n) is 5.10. The van der Waals surface area contributed by atoms with Crippen LogP contribution in [0.1, 0.15) is 171 Å². The van der Waals surface area contributed by atoms with Crippen molar-refractivity contribution < 1.29 is 0 Å². The zero-order valence-corrected chi connectivity index (χ0v) is 36.9. The highest BCUT2D eigenvalue weighted by Crippen LogP contribution is 2.28. The molecule has 0 fully saturated rings. The predicted octanol–water partition coefficient (Wildman–Crippen LogP) is 18.0. The Morgan fingerprint density at radius 3 is 0.385 bits per heavy atom. The third-order valence-corrected chi connectivity index (χ3v) is 8.19. The van der Waals surface area contributed by atoms with E-state index >= 15 is 0 Å². The molecule has 0 aromatic heterocycles. The summed E-state index contributed by atoms with van der Waals surface area (Å²) in [5.74, 6) is 2.36. The van der Waals surface area contributed by atoms with Gasteiger partial charge >= 0.3 is 0 Å². The summed E-state index contributed by atoms with van der Waals surface area (Å²) in [4.78, 5) is 0. The van der Waals surface area contributed by atoms with Crippen molar-refractivity contribution in [3.8, 4) is 33.4 Å². The molecule has 0 aliphatic carbocycles. The highest BCUT2D eigenvalue weighted by molar-refractivity contribution is 5.71. The molecule has 52 heavy (non-hydrogen) atoms. The van der Waals surface area contributed by atoms with Crippen molar-refractivity contribution >= 4 is 0 Å². The van der Waals surface area contributed by atoms with Gasteiger partial charge in [-0.25, -0.2) is 0 Å². The van der Waals surface area contributed by atoms with Gasteiger partial charge < -0.3 is 0 Å². The molecule has 0 heteroatoms. The maximum absolute atomic E-state index is 2.23. The van der Waals surface area contributed by atoms with Crippen molar-refractivity contribution in [3.05, 3.63) is 144 Å².